The van der Waals surface area contributed by atoms with Crippen LogP contribution in [0.1, 0.15) is 17.5 Å². The lowest BCUT2D eigenvalue weighted by Gasteiger charge is -2.09. The lowest BCUT2D eigenvalue weighted by atomic mass is 10.1. The van der Waals surface area contributed by atoms with Crippen LogP contribution in [0.3, 0.4) is 0 Å². The first-order valence-electron chi connectivity index (χ1n) is 9.38. The average molecular weight is 410 g/mol. The molecule has 2 heterocycles. The number of nitrogens with one attached hydrogen (secondary N) is 1. The normalized spacial score (nSPS) is 12.2. The van der Waals surface area contributed by atoms with Crippen molar-refractivity contribution in [2.75, 3.05) is 26.1 Å². The number of hydrogen-bond donors (Lipinski definition) is 1. The third kappa shape index (κ3) is 4.35. The minimum absolute atomic E-state index is 0.0666. The van der Waals surface area contributed by atoms with E-state index in [4.69, 9.17) is 14.2 Å². The Bertz CT molecular complexity index is 1030. The molecule has 0 unspecified atom stereocenters. The number of aromatic nitrogens is 1. The number of rotatable bonds is 7. The maximum atomic E-state index is 12.3. The van der Waals surface area contributed by atoms with Crippen LogP contribution in [0.15, 0.2) is 41.8 Å². The molecule has 1 aliphatic heterocycles. The number of thiazole rings is 1. The summed E-state index contributed by atoms with van der Waals surface area (Å²) in [7, 11) is 3.20. The maximum absolute atomic E-state index is 12.3. The number of hydrogen-bond acceptors (Lipinski definition) is 6. The SMILES string of the molecule is COc1ccc(CCC(=O)Nc2nc(-c3ccc4c(c3)CCO4)cs2)cc1OC. The molecule has 150 valence electrons. The summed E-state index contributed by atoms with van der Waals surface area (Å²) < 4.78 is 16.1. The summed E-state index contributed by atoms with van der Waals surface area (Å²) >= 11 is 1.43. The zero-order chi connectivity index (χ0) is 20.2. The van der Waals surface area contributed by atoms with Crippen molar-refractivity contribution in [3.8, 4) is 28.5 Å². The summed E-state index contributed by atoms with van der Waals surface area (Å²) in [6.45, 7) is 0.733. The van der Waals surface area contributed by atoms with Gasteiger partial charge in [0.15, 0.2) is 16.6 Å². The Balaban J connectivity index is 1.36. The molecular weight excluding hydrogens is 388 g/mol. The summed E-state index contributed by atoms with van der Waals surface area (Å²) in [5, 5.41) is 5.46. The summed E-state index contributed by atoms with van der Waals surface area (Å²) in [5.41, 5.74) is 4.12. The topological polar surface area (TPSA) is 69.7 Å². The van der Waals surface area contributed by atoms with Crippen LogP contribution in [0.25, 0.3) is 11.3 Å². The Morgan fingerprint density at radius 2 is 2.03 bits per heavy atom. The molecule has 3 aromatic rings. The zero-order valence-electron chi connectivity index (χ0n) is 16.4. The second kappa shape index (κ2) is 8.53. The van der Waals surface area contributed by atoms with Crippen LogP contribution in [0.4, 0.5) is 5.13 Å². The van der Waals surface area contributed by atoms with Gasteiger partial charge in [-0.15, -0.1) is 11.3 Å². The van der Waals surface area contributed by atoms with Gasteiger partial charge in [0, 0.05) is 23.8 Å². The first-order valence-corrected chi connectivity index (χ1v) is 10.3. The highest BCUT2D eigenvalue weighted by Gasteiger charge is 2.15. The molecule has 29 heavy (non-hydrogen) atoms. The second-order valence-electron chi connectivity index (χ2n) is 6.70. The van der Waals surface area contributed by atoms with Gasteiger partial charge in [0.25, 0.3) is 0 Å². The minimum Gasteiger partial charge on any atom is -0.493 e. The van der Waals surface area contributed by atoms with Crippen molar-refractivity contribution >= 4 is 22.4 Å². The van der Waals surface area contributed by atoms with E-state index in [2.05, 4.69) is 16.4 Å². The van der Waals surface area contributed by atoms with E-state index in [1.165, 1.54) is 16.9 Å². The van der Waals surface area contributed by atoms with Gasteiger partial charge in [0.1, 0.15) is 5.75 Å². The fourth-order valence-electron chi connectivity index (χ4n) is 3.29. The predicted octanol–water partition coefficient (Wildman–Crippen LogP) is 4.33. The Hall–Kier alpha value is -3.06. The Kier molecular flexibility index (Phi) is 5.67. The first-order chi connectivity index (χ1) is 14.2. The highest BCUT2D eigenvalue weighted by Crippen LogP contribution is 2.32. The summed E-state index contributed by atoms with van der Waals surface area (Å²) in [6, 6.07) is 11.8. The summed E-state index contributed by atoms with van der Waals surface area (Å²) in [4.78, 5) is 16.9. The highest BCUT2D eigenvalue weighted by atomic mass is 32.1. The number of fused-ring (bicyclic) bond motifs is 1. The van der Waals surface area contributed by atoms with Crippen LogP contribution in [-0.4, -0.2) is 31.7 Å². The molecule has 0 fully saturated rings. The Morgan fingerprint density at radius 1 is 1.17 bits per heavy atom. The number of benzene rings is 2. The van der Waals surface area contributed by atoms with Gasteiger partial charge < -0.3 is 19.5 Å². The van der Waals surface area contributed by atoms with Crippen molar-refractivity contribution in [3.63, 3.8) is 0 Å². The third-order valence-electron chi connectivity index (χ3n) is 4.82. The predicted molar refractivity (Wildman–Crippen MR) is 113 cm³/mol. The molecule has 7 heteroatoms. The number of anilines is 1. The molecule has 0 atom stereocenters. The van der Waals surface area contributed by atoms with Gasteiger partial charge >= 0.3 is 0 Å². The number of nitrogens with zero attached hydrogens (tertiary/aromatic N) is 1. The molecule has 6 nitrogen and oxygen atoms in total. The van der Waals surface area contributed by atoms with Gasteiger partial charge in [0.05, 0.1) is 26.5 Å². The van der Waals surface area contributed by atoms with Crippen LogP contribution >= 0.6 is 11.3 Å². The number of carbonyl (C=O) groups excluding carboxylic acids is 1. The molecule has 4 rings (SSSR count). The standard InChI is InChI=1S/C22H22N2O4S/c1-26-19-6-3-14(11-20(19)27-2)4-8-21(25)24-22-23-17(13-29-22)15-5-7-18-16(12-15)9-10-28-18/h3,5-7,11-13H,4,8-10H2,1-2H3,(H,23,24,25). The van der Waals surface area contributed by atoms with Crippen molar-refractivity contribution in [3.05, 3.63) is 52.9 Å². The Labute approximate surface area is 173 Å². The maximum Gasteiger partial charge on any atom is 0.226 e. The molecule has 0 saturated heterocycles. The van der Waals surface area contributed by atoms with E-state index < -0.39 is 0 Å². The van der Waals surface area contributed by atoms with E-state index >= 15 is 0 Å². The molecular formula is C22H22N2O4S. The van der Waals surface area contributed by atoms with E-state index in [1.54, 1.807) is 14.2 Å². The van der Waals surface area contributed by atoms with E-state index in [9.17, 15) is 4.79 Å². The molecule has 0 saturated carbocycles. The fraction of sp³-hybridized carbons (Fsp3) is 0.273. The molecule has 1 amide bonds. The first kappa shape index (κ1) is 19.3. The molecule has 0 aliphatic carbocycles. The average Bonchev–Trinajstić information content (AvgIpc) is 3.40. The monoisotopic (exact) mass is 410 g/mol. The van der Waals surface area contributed by atoms with Crippen molar-refractivity contribution in [1.29, 1.82) is 0 Å². The van der Waals surface area contributed by atoms with Crippen LogP contribution in [0.2, 0.25) is 0 Å². The number of carbonyl (C=O) groups is 1. The highest BCUT2D eigenvalue weighted by molar-refractivity contribution is 7.14. The molecule has 0 bridgehead atoms. The van der Waals surface area contributed by atoms with Gasteiger partial charge in [0.2, 0.25) is 5.91 Å². The van der Waals surface area contributed by atoms with E-state index in [0.29, 0.717) is 29.5 Å². The molecule has 2 aromatic carbocycles. The molecule has 1 aromatic heterocycles. The van der Waals surface area contributed by atoms with E-state index in [0.717, 1.165) is 35.6 Å². The quantitative estimate of drug-likeness (QED) is 0.628. The molecule has 0 radical (unpaired) electrons. The number of methoxy groups -OCH3 is 2. The molecule has 1 aliphatic rings. The lowest BCUT2D eigenvalue weighted by molar-refractivity contribution is -0.116. The van der Waals surface area contributed by atoms with Gasteiger partial charge in [-0.05, 0) is 47.9 Å². The smallest absolute Gasteiger partial charge is 0.226 e. The van der Waals surface area contributed by atoms with Crippen molar-refractivity contribution in [2.24, 2.45) is 0 Å². The summed E-state index contributed by atoms with van der Waals surface area (Å²) in [6.07, 6.45) is 1.89. The van der Waals surface area contributed by atoms with Crippen molar-refractivity contribution in [1.82, 2.24) is 4.98 Å². The molecule has 1 N–H and O–H groups in total. The Morgan fingerprint density at radius 3 is 2.86 bits per heavy atom. The van der Waals surface area contributed by atoms with Crippen LogP contribution < -0.4 is 19.5 Å². The number of ether oxygens (including phenoxy) is 3. The van der Waals surface area contributed by atoms with Gasteiger partial charge in [-0.25, -0.2) is 4.98 Å². The van der Waals surface area contributed by atoms with E-state index in [1.807, 2.05) is 35.7 Å². The largest absolute Gasteiger partial charge is 0.493 e. The van der Waals surface area contributed by atoms with Crippen molar-refractivity contribution < 1.29 is 19.0 Å². The number of amides is 1. The second-order valence-corrected chi connectivity index (χ2v) is 7.55. The zero-order valence-corrected chi connectivity index (χ0v) is 17.2. The minimum atomic E-state index is -0.0666. The third-order valence-corrected chi connectivity index (χ3v) is 5.58. The summed E-state index contributed by atoms with van der Waals surface area (Å²) in [5.74, 6) is 2.22. The van der Waals surface area contributed by atoms with Gasteiger partial charge in [-0.3, -0.25) is 4.79 Å². The van der Waals surface area contributed by atoms with Crippen molar-refractivity contribution in [2.45, 2.75) is 19.3 Å². The lowest BCUT2D eigenvalue weighted by Crippen LogP contribution is -2.12. The van der Waals surface area contributed by atoms with Gasteiger partial charge in [-0.1, -0.05) is 6.07 Å². The fourth-order valence-corrected chi connectivity index (χ4v) is 4.02. The van der Waals surface area contributed by atoms with Crippen LogP contribution in [0, 0.1) is 0 Å². The van der Waals surface area contributed by atoms with Crippen LogP contribution in [-0.2, 0) is 17.6 Å². The van der Waals surface area contributed by atoms with E-state index in [-0.39, 0.29) is 5.91 Å². The van der Waals surface area contributed by atoms with Crippen LogP contribution in [0.5, 0.6) is 17.2 Å². The van der Waals surface area contributed by atoms with Gasteiger partial charge in [-0.2, -0.15) is 0 Å². The number of aryl methyl sites for hydroxylation is 1. The molecule has 0 spiro atoms.